The third kappa shape index (κ3) is 6.22. The highest BCUT2D eigenvalue weighted by Crippen LogP contribution is 2.32. The summed E-state index contributed by atoms with van der Waals surface area (Å²) in [5.41, 5.74) is 2.01. The molecule has 1 atom stereocenters. The van der Waals surface area contributed by atoms with Gasteiger partial charge in [-0.05, 0) is 49.1 Å². The zero-order chi connectivity index (χ0) is 15.8. The van der Waals surface area contributed by atoms with Gasteiger partial charge in [-0.15, -0.1) is 0 Å². The second-order valence-corrected chi connectivity index (χ2v) is 5.95. The molecule has 4 nitrogen and oxygen atoms in total. The van der Waals surface area contributed by atoms with Gasteiger partial charge in [-0.25, -0.2) is 0 Å². The molecular weight excluding hydrogens is 290 g/mol. The number of hydrogen-bond donors (Lipinski definition) is 3. The average molecular weight is 316 g/mol. The van der Waals surface area contributed by atoms with Crippen molar-refractivity contribution in [3.8, 4) is 5.75 Å². The predicted octanol–water partition coefficient (Wildman–Crippen LogP) is 2.48. The van der Waals surface area contributed by atoms with Crippen LogP contribution >= 0.6 is 11.6 Å². The lowest BCUT2D eigenvalue weighted by Crippen LogP contribution is -2.32. The van der Waals surface area contributed by atoms with Crippen LogP contribution in [-0.4, -0.2) is 42.6 Å². The molecule has 0 bridgehead atoms. The minimum absolute atomic E-state index is 0.154. The molecule has 5 heteroatoms. The van der Waals surface area contributed by atoms with Gasteiger partial charge in [-0.2, -0.15) is 0 Å². The molecule has 0 aliphatic carbocycles. The Morgan fingerprint density at radius 1 is 1.33 bits per heavy atom. The number of benzene rings is 1. The molecule has 1 aromatic rings. The standard InChI is InChI=1S/C16H26ClNO3/c1-11(2)14-8-15(17)12(3)7-16(14)21-10-13(20)9-18-5-4-6-19/h7-8,11,13,18-20H,4-6,9-10H2,1-3H3/t13-/m0/s1. The lowest BCUT2D eigenvalue weighted by atomic mass is 10.0. The Bertz CT molecular complexity index is 438. The van der Waals surface area contributed by atoms with Gasteiger partial charge in [0.2, 0.25) is 0 Å². The van der Waals surface area contributed by atoms with Crippen LogP contribution < -0.4 is 10.1 Å². The maximum absolute atomic E-state index is 9.89. The molecule has 0 spiro atoms. The van der Waals surface area contributed by atoms with E-state index >= 15 is 0 Å². The molecule has 21 heavy (non-hydrogen) atoms. The fraction of sp³-hybridized carbons (Fsp3) is 0.625. The molecule has 0 radical (unpaired) electrons. The maximum Gasteiger partial charge on any atom is 0.123 e. The van der Waals surface area contributed by atoms with Crippen molar-refractivity contribution < 1.29 is 14.9 Å². The van der Waals surface area contributed by atoms with Crippen molar-refractivity contribution in [1.82, 2.24) is 5.32 Å². The van der Waals surface area contributed by atoms with Crippen molar-refractivity contribution in [3.05, 3.63) is 28.3 Å². The molecule has 120 valence electrons. The zero-order valence-electron chi connectivity index (χ0n) is 13.0. The summed E-state index contributed by atoms with van der Waals surface area (Å²) < 4.78 is 5.76. The van der Waals surface area contributed by atoms with E-state index in [1.54, 1.807) is 0 Å². The molecule has 0 aliphatic heterocycles. The Morgan fingerprint density at radius 2 is 2.05 bits per heavy atom. The highest BCUT2D eigenvalue weighted by molar-refractivity contribution is 6.31. The van der Waals surface area contributed by atoms with Gasteiger partial charge in [0, 0.05) is 18.2 Å². The summed E-state index contributed by atoms with van der Waals surface area (Å²) in [4.78, 5) is 0. The van der Waals surface area contributed by atoms with Crippen LogP contribution in [0.2, 0.25) is 5.02 Å². The Kier molecular flexibility index (Phi) is 8.04. The molecule has 0 heterocycles. The first-order chi connectivity index (χ1) is 9.95. The second kappa shape index (κ2) is 9.26. The molecule has 1 aromatic carbocycles. The smallest absolute Gasteiger partial charge is 0.123 e. The molecule has 0 fully saturated rings. The average Bonchev–Trinajstić information content (AvgIpc) is 2.44. The Morgan fingerprint density at radius 3 is 2.67 bits per heavy atom. The normalized spacial score (nSPS) is 12.7. The number of halogens is 1. The van der Waals surface area contributed by atoms with Crippen LogP contribution in [-0.2, 0) is 0 Å². The second-order valence-electron chi connectivity index (χ2n) is 5.54. The molecule has 0 saturated heterocycles. The summed E-state index contributed by atoms with van der Waals surface area (Å²) >= 11 is 6.16. The minimum Gasteiger partial charge on any atom is -0.491 e. The fourth-order valence-corrected chi connectivity index (χ4v) is 2.14. The molecular formula is C16H26ClNO3. The van der Waals surface area contributed by atoms with E-state index in [1.807, 2.05) is 19.1 Å². The van der Waals surface area contributed by atoms with Crippen LogP contribution in [0.3, 0.4) is 0 Å². The first-order valence-corrected chi connectivity index (χ1v) is 7.76. The first-order valence-electron chi connectivity index (χ1n) is 7.38. The highest BCUT2D eigenvalue weighted by atomic mass is 35.5. The van der Waals surface area contributed by atoms with E-state index in [1.165, 1.54) is 0 Å². The summed E-state index contributed by atoms with van der Waals surface area (Å²) in [5.74, 6) is 1.08. The molecule has 0 amide bonds. The minimum atomic E-state index is -0.584. The van der Waals surface area contributed by atoms with Crippen molar-refractivity contribution in [3.63, 3.8) is 0 Å². The van der Waals surface area contributed by atoms with Gasteiger partial charge in [0.15, 0.2) is 0 Å². The van der Waals surface area contributed by atoms with Crippen molar-refractivity contribution in [2.24, 2.45) is 0 Å². The van der Waals surface area contributed by atoms with Crippen molar-refractivity contribution in [2.75, 3.05) is 26.3 Å². The SMILES string of the molecule is Cc1cc(OC[C@@H](O)CNCCCO)c(C(C)C)cc1Cl. The molecule has 3 N–H and O–H groups in total. The van der Waals surface area contributed by atoms with Crippen molar-refractivity contribution in [2.45, 2.75) is 39.2 Å². The van der Waals surface area contributed by atoms with Crippen LogP contribution in [0.1, 0.15) is 37.3 Å². The van der Waals surface area contributed by atoms with Gasteiger partial charge >= 0.3 is 0 Å². The third-order valence-electron chi connectivity index (χ3n) is 3.24. The zero-order valence-corrected chi connectivity index (χ0v) is 13.8. The third-order valence-corrected chi connectivity index (χ3v) is 3.64. The quantitative estimate of drug-likeness (QED) is 0.613. The summed E-state index contributed by atoms with van der Waals surface area (Å²) in [6, 6.07) is 3.85. The van der Waals surface area contributed by atoms with Crippen LogP contribution in [0, 0.1) is 6.92 Å². The number of ether oxygens (including phenoxy) is 1. The van der Waals surface area contributed by atoms with E-state index in [0.29, 0.717) is 25.4 Å². The van der Waals surface area contributed by atoms with Crippen LogP contribution in [0.4, 0.5) is 0 Å². The molecule has 0 unspecified atom stereocenters. The summed E-state index contributed by atoms with van der Waals surface area (Å²) in [7, 11) is 0. The highest BCUT2D eigenvalue weighted by Gasteiger charge is 2.13. The number of hydrogen-bond acceptors (Lipinski definition) is 4. The molecule has 0 aromatic heterocycles. The van der Waals surface area contributed by atoms with Crippen LogP contribution in [0.5, 0.6) is 5.75 Å². The van der Waals surface area contributed by atoms with Gasteiger partial charge in [-0.3, -0.25) is 0 Å². The number of aliphatic hydroxyl groups excluding tert-OH is 2. The Labute approximate surface area is 132 Å². The van der Waals surface area contributed by atoms with Gasteiger partial charge in [-0.1, -0.05) is 25.4 Å². The molecule has 0 saturated carbocycles. The van der Waals surface area contributed by atoms with E-state index in [9.17, 15) is 5.11 Å². The lowest BCUT2D eigenvalue weighted by Gasteiger charge is -2.18. The van der Waals surface area contributed by atoms with E-state index in [2.05, 4.69) is 19.2 Å². The van der Waals surface area contributed by atoms with E-state index in [4.69, 9.17) is 21.4 Å². The van der Waals surface area contributed by atoms with Gasteiger partial charge in [0.05, 0.1) is 0 Å². The number of aryl methyl sites for hydroxylation is 1. The van der Waals surface area contributed by atoms with Crippen LogP contribution in [0.25, 0.3) is 0 Å². The van der Waals surface area contributed by atoms with Crippen molar-refractivity contribution >= 4 is 11.6 Å². The molecule has 0 aliphatic rings. The summed E-state index contributed by atoms with van der Waals surface area (Å²) in [6.45, 7) is 7.62. The Balaban J connectivity index is 2.56. The first kappa shape index (κ1) is 18.2. The van der Waals surface area contributed by atoms with Crippen molar-refractivity contribution in [1.29, 1.82) is 0 Å². The van der Waals surface area contributed by atoms with E-state index < -0.39 is 6.10 Å². The maximum atomic E-state index is 9.89. The summed E-state index contributed by atoms with van der Waals surface area (Å²) in [6.07, 6.45) is 0.0984. The summed E-state index contributed by atoms with van der Waals surface area (Å²) in [5, 5.41) is 22.4. The Hall–Kier alpha value is -0.810. The predicted molar refractivity (Wildman–Crippen MR) is 86.4 cm³/mol. The number of nitrogens with one attached hydrogen (secondary N) is 1. The molecule has 1 rings (SSSR count). The topological polar surface area (TPSA) is 61.7 Å². The van der Waals surface area contributed by atoms with Gasteiger partial charge in [0.25, 0.3) is 0 Å². The van der Waals surface area contributed by atoms with Crippen LogP contribution in [0.15, 0.2) is 12.1 Å². The monoisotopic (exact) mass is 315 g/mol. The number of aliphatic hydroxyl groups is 2. The fourth-order valence-electron chi connectivity index (χ4n) is 1.96. The van der Waals surface area contributed by atoms with E-state index in [0.717, 1.165) is 21.9 Å². The number of rotatable bonds is 9. The largest absolute Gasteiger partial charge is 0.491 e. The lowest BCUT2D eigenvalue weighted by molar-refractivity contribution is 0.105. The van der Waals surface area contributed by atoms with Gasteiger partial charge in [0.1, 0.15) is 18.5 Å². The van der Waals surface area contributed by atoms with Gasteiger partial charge < -0.3 is 20.3 Å². The van der Waals surface area contributed by atoms with E-state index in [-0.39, 0.29) is 13.2 Å².